The second-order valence-electron chi connectivity index (χ2n) is 5.47. The molecule has 0 heterocycles. The third-order valence-corrected chi connectivity index (χ3v) is 4.33. The Bertz CT molecular complexity index is 600. The minimum Gasteiger partial charge on any atom is -0.399 e. The number of hydrogen-bond donors (Lipinski definition) is 1. The van der Waals surface area contributed by atoms with E-state index in [1.54, 1.807) is 0 Å². The van der Waals surface area contributed by atoms with Crippen LogP contribution in [0.4, 0.5) is 5.69 Å². The number of rotatable bonds is 4. The average molecular weight is 379 g/mol. The van der Waals surface area contributed by atoms with E-state index in [1.807, 2.05) is 62.4 Å². The summed E-state index contributed by atoms with van der Waals surface area (Å²) < 4.78 is 1.18. The molecule has 0 aromatic heterocycles. The van der Waals surface area contributed by atoms with E-state index in [0.717, 1.165) is 16.8 Å². The van der Waals surface area contributed by atoms with Crippen molar-refractivity contribution in [1.29, 1.82) is 0 Å². The fourth-order valence-corrected chi connectivity index (χ4v) is 2.43. The van der Waals surface area contributed by atoms with Crippen molar-refractivity contribution in [2.75, 3.05) is 5.73 Å². The van der Waals surface area contributed by atoms with Crippen molar-refractivity contribution in [2.45, 2.75) is 25.7 Å². The van der Waals surface area contributed by atoms with Gasteiger partial charge in [0.15, 0.2) is 0 Å². The van der Waals surface area contributed by atoms with Crippen LogP contribution in [0, 0.1) is 3.57 Å². The topological polar surface area (TPSA) is 43.1 Å². The first-order valence-electron chi connectivity index (χ1n) is 6.53. The van der Waals surface area contributed by atoms with Gasteiger partial charge in [-0.05, 0) is 71.8 Å². The maximum Gasteiger partial charge on any atom is 0.147 e. The van der Waals surface area contributed by atoms with E-state index in [-0.39, 0.29) is 5.78 Å². The second kappa shape index (κ2) is 5.95. The zero-order valence-electron chi connectivity index (χ0n) is 11.7. The van der Waals surface area contributed by atoms with Crippen LogP contribution in [0.5, 0.6) is 0 Å². The van der Waals surface area contributed by atoms with Gasteiger partial charge in [-0.15, -0.1) is 0 Å². The lowest BCUT2D eigenvalue weighted by Gasteiger charge is -2.24. The Labute approximate surface area is 133 Å². The summed E-state index contributed by atoms with van der Waals surface area (Å²) in [6.07, 6.45) is 0.453. The highest BCUT2D eigenvalue weighted by atomic mass is 127. The summed E-state index contributed by atoms with van der Waals surface area (Å²) in [5, 5.41) is 0. The Hall–Kier alpha value is -1.36. The maximum atomic E-state index is 12.6. The maximum absolute atomic E-state index is 12.6. The lowest BCUT2D eigenvalue weighted by molar-refractivity contribution is -0.122. The van der Waals surface area contributed by atoms with E-state index in [4.69, 9.17) is 5.73 Å². The summed E-state index contributed by atoms with van der Waals surface area (Å²) in [6.45, 7) is 3.93. The summed E-state index contributed by atoms with van der Waals surface area (Å²) in [6, 6.07) is 15.6. The summed E-state index contributed by atoms with van der Waals surface area (Å²) >= 11 is 2.26. The smallest absolute Gasteiger partial charge is 0.147 e. The first-order valence-corrected chi connectivity index (χ1v) is 7.61. The Kier molecular flexibility index (Phi) is 4.48. The Morgan fingerprint density at radius 3 is 2.15 bits per heavy atom. The molecule has 2 aromatic rings. The molecule has 2 nitrogen and oxygen atoms in total. The molecule has 20 heavy (non-hydrogen) atoms. The van der Waals surface area contributed by atoms with Crippen LogP contribution in [0.1, 0.15) is 25.0 Å². The normalized spacial score (nSPS) is 11.3. The number of ketones is 1. The lowest BCUT2D eigenvalue weighted by atomic mass is 9.78. The van der Waals surface area contributed by atoms with Crippen LogP contribution in [-0.4, -0.2) is 5.78 Å². The average Bonchev–Trinajstić information content (AvgIpc) is 2.42. The van der Waals surface area contributed by atoms with Gasteiger partial charge in [-0.25, -0.2) is 0 Å². The third kappa shape index (κ3) is 3.39. The molecule has 0 aliphatic heterocycles. The van der Waals surface area contributed by atoms with Gasteiger partial charge in [-0.1, -0.05) is 24.3 Å². The van der Waals surface area contributed by atoms with E-state index in [1.165, 1.54) is 3.57 Å². The zero-order valence-corrected chi connectivity index (χ0v) is 13.8. The molecular formula is C17H18INO. The van der Waals surface area contributed by atoms with Gasteiger partial charge in [0.05, 0.1) is 0 Å². The van der Waals surface area contributed by atoms with E-state index in [0.29, 0.717) is 6.42 Å². The van der Waals surface area contributed by atoms with Crippen LogP contribution >= 0.6 is 22.6 Å². The monoisotopic (exact) mass is 379 g/mol. The van der Waals surface area contributed by atoms with Crippen molar-refractivity contribution in [1.82, 2.24) is 0 Å². The van der Waals surface area contributed by atoms with Crippen LogP contribution in [0.15, 0.2) is 48.5 Å². The van der Waals surface area contributed by atoms with Gasteiger partial charge in [0.2, 0.25) is 0 Å². The van der Waals surface area contributed by atoms with Crippen LogP contribution in [0.3, 0.4) is 0 Å². The number of nitrogen functional groups attached to an aromatic ring is 1. The molecule has 0 fully saturated rings. The molecule has 3 heteroatoms. The summed E-state index contributed by atoms with van der Waals surface area (Å²) in [7, 11) is 0. The van der Waals surface area contributed by atoms with Gasteiger partial charge in [0, 0.05) is 21.1 Å². The number of anilines is 1. The molecule has 0 spiro atoms. The highest BCUT2D eigenvalue weighted by molar-refractivity contribution is 14.1. The zero-order chi connectivity index (χ0) is 14.8. The number of nitrogens with two attached hydrogens (primary N) is 1. The fourth-order valence-electron chi connectivity index (χ4n) is 2.07. The predicted octanol–water partition coefficient (Wildman–Crippen LogP) is 3.96. The van der Waals surface area contributed by atoms with Crippen LogP contribution in [-0.2, 0) is 16.6 Å². The fraction of sp³-hybridized carbons (Fsp3) is 0.235. The highest BCUT2D eigenvalue weighted by Gasteiger charge is 2.29. The van der Waals surface area contributed by atoms with Gasteiger partial charge in [-0.2, -0.15) is 0 Å². The minimum atomic E-state index is -0.503. The van der Waals surface area contributed by atoms with Gasteiger partial charge in [0.25, 0.3) is 0 Å². The Morgan fingerprint density at radius 2 is 1.60 bits per heavy atom. The van der Waals surface area contributed by atoms with Crippen LogP contribution in [0.2, 0.25) is 0 Å². The van der Waals surface area contributed by atoms with Gasteiger partial charge in [-0.3, -0.25) is 4.79 Å². The molecular weight excluding hydrogens is 361 g/mol. The molecule has 2 N–H and O–H groups in total. The van der Waals surface area contributed by atoms with Crippen molar-refractivity contribution in [3.63, 3.8) is 0 Å². The first-order chi connectivity index (χ1) is 9.39. The van der Waals surface area contributed by atoms with Crippen LogP contribution in [0.25, 0.3) is 0 Å². The quantitative estimate of drug-likeness (QED) is 0.646. The SMILES string of the molecule is CC(C)(C(=O)Cc1ccc(I)cc1)c1ccc(N)cc1. The predicted molar refractivity (Wildman–Crippen MR) is 91.8 cm³/mol. The molecule has 0 aliphatic carbocycles. The van der Waals surface area contributed by atoms with Crippen molar-refractivity contribution in [3.05, 3.63) is 63.2 Å². The van der Waals surface area contributed by atoms with Crippen molar-refractivity contribution >= 4 is 34.1 Å². The molecule has 0 saturated carbocycles. The number of halogens is 1. The van der Waals surface area contributed by atoms with Crippen molar-refractivity contribution < 1.29 is 4.79 Å². The van der Waals surface area contributed by atoms with E-state index >= 15 is 0 Å². The summed E-state index contributed by atoms with van der Waals surface area (Å²) in [4.78, 5) is 12.6. The molecule has 0 amide bonds. The number of benzene rings is 2. The third-order valence-electron chi connectivity index (χ3n) is 3.61. The standard InChI is InChI=1S/C17H18INO/c1-17(2,13-5-9-15(19)10-6-13)16(20)11-12-3-7-14(18)8-4-12/h3-10H,11,19H2,1-2H3. The lowest BCUT2D eigenvalue weighted by Crippen LogP contribution is -2.30. The molecule has 0 aliphatic rings. The minimum absolute atomic E-state index is 0.212. The number of hydrogen-bond acceptors (Lipinski definition) is 2. The second-order valence-corrected chi connectivity index (χ2v) is 6.72. The molecule has 0 saturated heterocycles. The van der Waals surface area contributed by atoms with E-state index in [9.17, 15) is 4.79 Å². The summed E-state index contributed by atoms with van der Waals surface area (Å²) in [5.41, 5.74) is 7.97. The molecule has 0 atom stereocenters. The van der Waals surface area contributed by atoms with Gasteiger partial charge >= 0.3 is 0 Å². The summed E-state index contributed by atoms with van der Waals surface area (Å²) in [5.74, 6) is 0.212. The Balaban J connectivity index is 2.18. The Morgan fingerprint density at radius 1 is 1.05 bits per heavy atom. The molecule has 0 unspecified atom stereocenters. The molecule has 0 radical (unpaired) electrons. The van der Waals surface area contributed by atoms with Crippen LogP contribution < -0.4 is 5.73 Å². The van der Waals surface area contributed by atoms with Crippen molar-refractivity contribution in [2.24, 2.45) is 0 Å². The largest absolute Gasteiger partial charge is 0.399 e. The van der Waals surface area contributed by atoms with E-state index < -0.39 is 5.41 Å². The highest BCUT2D eigenvalue weighted by Crippen LogP contribution is 2.26. The number of carbonyl (C=O) groups is 1. The van der Waals surface area contributed by atoms with E-state index in [2.05, 4.69) is 22.6 Å². The van der Waals surface area contributed by atoms with Gasteiger partial charge < -0.3 is 5.73 Å². The number of carbonyl (C=O) groups excluding carboxylic acids is 1. The molecule has 2 aromatic carbocycles. The molecule has 104 valence electrons. The van der Waals surface area contributed by atoms with Gasteiger partial charge in [0.1, 0.15) is 5.78 Å². The first kappa shape index (κ1) is 15.0. The van der Waals surface area contributed by atoms with Crippen molar-refractivity contribution in [3.8, 4) is 0 Å². The number of Topliss-reactive ketones (excluding diaryl/α,β-unsaturated/α-hetero) is 1. The molecule has 2 rings (SSSR count). The molecule has 0 bridgehead atoms.